The highest BCUT2D eigenvalue weighted by Crippen LogP contribution is 2.40. The summed E-state index contributed by atoms with van der Waals surface area (Å²) in [4.78, 5) is 2.34. The molecule has 0 amide bonds. The summed E-state index contributed by atoms with van der Waals surface area (Å²) in [6, 6.07) is 17.3. The molecule has 2 aliphatic heterocycles. The van der Waals surface area contributed by atoms with Crippen LogP contribution in [0, 0.1) is 0 Å². The van der Waals surface area contributed by atoms with Gasteiger partial charge in [0.15, 0.2) is 11.5 Å². The predicted molar refractivity (Wildman–Crippen MR) is 139 cm³/mol. The molecule has 0 aromatic heterocycles. The van der Waals surface area contributed by atoms with Crippen LogP contribution < -0.4 is 19.1 Å². The van der Waals surface area contributed by atoms with Crippen molar-refractivity contribution in [1.29, 1.82) is 0 Å². The van der Waals surface area contributed by atoms with Crippen molar-refractivity contribution in [2.75, 3.05) is 24.7 Å². The van der Waals surface area contributed by atoms with Crippen molar-refractivity contribution in [3.8, 4) is 11.5 Å². The number of ether oxygens (including phenoxy) is 2. The molecule has 1 saturated heterocycles. The molecule has 0 bridgehead atoms. The summed E-state index contributed by atoms with van der Waals surface area (Å²) in [5.41, 5.74) is 1.87. The predicted octanol–water partition coefficient (Wildman–Crippen LogP) is 6.11. The van der Waals surface area contributed by atoms with E-state index in [1.54, 1.807) is 18.2 Å². The molecule has 184 valence electrons. The Morgan fingerprint density at radius 2 is 1.57 bits per heavy atom. The quantitative estimate of drug-likeness (QED) is 0.413. The lowest BCUT2D eigenvalue weighted by Crippen LogP contribution is -2.46. The highest BCUT2D eigenvalue weighted by Gasteiger charge is 2.33. The third-order valence-electron chi connectivity index (χ3n) is 6.22. The standard InChI is InChI=1S/C25H23Cl3N2O4S/c26-17-3-1-16(2-4-17)23-14-19(9-10-30(23)22-7-5-18(27)13-21(22)28)29-35(31,32)20-6-8-24-25(15-20)34-12-11-33-24/h1-8,13,15,19,23,29H,9-12,14H2/t19?,23-/m0/s1. The fourth-order valence-corrected chi connectivity index (χ4v) is 6.50. The number of hydrogen-bond acceptors (Lipinski definition) is 5. The zero-order valence-electron chi connectivity index (χ0n) is 18.6. The molecule has 0 aliphatic carbocycles. The molecule has 1 N–H and O–H groups in total. The zero-order valence-corrected chi connectivity index (χ0v) is 21.7. The van der Waals surface area contributed by atoms with E-state index >= 15 is 0 Å². The van der Waals surface area contributed by atoms with Crippen LogP contribution in [0.1, 0.15) is 24.4 Å². The first-order valence-electron chi connectivity index (χ1n) is 11.2. The van der Waals surface area contributed by atoms with Crippen LogP contribution in [0.25, 0.3) is 0 Å². The number of benzene rings is 3. The lowest BCUT2D eigenvalue weighted by atomic mass is 9.91. The van der Waals surface area contributed by atoms with Crippen LogP contribution in [0.15, 0.2) is 65.6 Å². The average Bonchev–Trinajstić information content (AvgIpc) is 2.84. The number of nitrogens with zero attached hydrogens (tertiary/aromatic N) is 1. The van der Waals surface area contributed by atoms with Crippen molar-refractivity contribution in [3.63, 3.8) is 0 Å². The van der Waals surface area contributed by atoms with Crippen molar-refractivity contribution in [2.24, 2.45) is 0 Å². The zero-order chi connectivity index (χ0) is 24.6. The Bertz CT molecular complexity index is 1340. The molecule has 1 unspecified atom stereocenters. The molecular weight excluding hydrogens is 531 g/mol. The van der Waals surface area contributed by atoms with Gasteiger partial charge in [0.05, 0.1) is 21.6 Å². The summed E-state index contributed by atoms with van der Waals surface area (Å²) < 4.78 is 40.4. The number of hydrogen-bond donors (Lipinski definition) is 1. The van der Waals surface area contributed by atoms with Gasteiger partial charge in [-0.25, -0.2) is 13.1 Å². The third-order valence-corrected chi connectivity index (χ3v) is 8.53. The Morgan fingerprint density at radius 1 is 0.857 bits per heavy atom. The van der Waals surface area contributed by atoms with Gasteiger partial charge in [0.2, 0.25) is 10.0 Å². The third kappa shape index (κ3) is 5.34. The Balaban J connectivity index is 1.41. The molecule has 2 atom stereocenters. The number of sulfonamides is 1. The van der Waals surface area contributed by atoms with Gasteiger partial charge in [0, 0.05) is 28.7 Å². The second kappa shape index (κ2) is 10.1. The van der Waals surface area contributed by atoms with Crippen LogP contribution in [0.5, 0.6) is 11.5 Å². The molecule has 0 radical (unpaired) electrons. The lowest BCUT2D eigenvalue weighted by molar-refractivity contribution is 0.171. The fraction of sp³-hybridized carbons (Fsp3) is 0.280. The molecular formula is C25H23Cl3N2O4S. The Morgan fingerprint density at radius 3 is 2.31 bits per heavy atom. The summed E-state index contributed by atoms with van der Waals surface area (Å²) in [6.45, 7) is 1.43. The Labute approximate surface area is 219 Å². The minimum atomic E-state index is -3.77. The van der Waals surface area contributed by atoms with Crippen molar-refractivity contribution < 1.29 is 17.9 Å². The van der Waals surface area contributed by atoms with Crippen LogP contribution in [0.3, 0.4) is 0 Å². The molecule has 3 aromatic carbocycles. The summed E-state index contributed by atoms with van der Waals surface area (Å²) in [5, 5.41) is 1.74. The minimum absolute atomic E-state index is 0.118. The molecule has 2 heterocycles. The maximum atomic E-state index is 13.2. The normalized spacial score (nSPS) is 20.0. The van der Waals surface area contributed by atoms with E-state index in [2.05, 4.69) is 9.62 Å². The molecule has 5 rings (SSSR count). The highest BCUT2D eigenvalue weighted by molar-refractivity contribution is 7.89. The van der Waals surface area contributed by atoms with E-state index in [0.29, 0.717) is 59.2 Å². The van der Waals surface area contributed by atoms with Crippen molar-refractivity contribution in [3.05, 3.63) is 81.3 Å². The lowest BCUT2D eigenvalue weighted by Gasteiger charge is -2.42. The molecule has 6 nitrogen and oxygen atoms in total. The van der Waals surface area contributed by atoms with E-state index in [4.69, 9.17) is 44.3 Å². The Kier molecular flexibility index (Phi) is 7.06. The van der Waals surface area contributed by atoms with Gasteiger partial charge >= 0.3 is 0 Å². The SMILES string of the molecule is O=S(=O)(NC1CCN(c2ccc(Cl)cc2Cl)[C@H](c2ccc(Cl)cc2)C1)c1ccc2c(c1)OCCO2. The maximum absolute atomic E-state index is 13.2. The van der Waals surface area contributed by atoms with Gasteiger partial charge in [-0.2, -0.15) is 0 Å². The largest absolute Gasteiger partial charge is 0.486 e. The first-order valence-corrected chi connectivity index (χ1v) is 13.8. The fourth-order valence-electron chi connectivity index (χ4n) is 4.55. The van der Waals surface area contributed by atoms with Gasteiger partial charge in [-0.15, -0.1) is 0 Å². The monoisotopic (exact) mass is 552 g/mol. The van der Waals surface area contributed by atoms with Gasteiger partial charge in [0.25, 0.3) is 0 Å². The topological polar surface area (TPSA) is 67.9 Å². The van der Waals surface area contributed by atoms with Gasteiger partial charge in [-0.1, -0.05) is 46.9 Å². The van der Waals surface area contributed by atoms with Crippen LogP contribution in [-0.4, -0.2) is 34.2 Å². The van der Waals surface area contributed by atoms with Gasteiger partial charge < -0.3 is 14.4 Å². The number of rotatable bonds is 5. The number of fused-ring (bicyclic) bond motifs is 1. The smallest absolute Gasteiger partial charge is 0.240 e. The van der Waals surface area contributed by atoms with E-state index in [1.165, 1.54) is 12.1 Å². The van der Waals surface area contributed by atoms with E-state index in [-0.39, 0.29) is 17.0 Å². The molecule has 1 fully saturated rings. The van der Waals surface area contributed by atoms with Gasteiger partial charge in [-0.05, 0) is 60.9 Å². The van der Waals surface area contributed by atoms with Crippen molar-refractivity contribution in [2.45, 2.75) is 29.8 Å². The first kappa shape index (κ1) is 24.5. The second-order valence-electron chi connectivity index (χ2n) is 8.50. The number of halogens is 3. The number of nitrogens with one attached hydrogen (secondary N) is 1. The van der Waals surface area contributed by atoms with Gasteiger partial charge in [-0.3, -0.25) is 0 Å². The Hall–Kier alpha value is -2.16. The van der Waals surface area contributed by atoms with E-state index in [1.807, 2.05) is 30.3 Å². The van der Waals surface area contributed by atoms with Crippen molar-refractivity contribution >= 4 is 50.5 Å². The maximum Gasteiger partial charge on any atom is 0.240 e. The van der Waals surface area contributed by atoms with Crippen LogP contribution in [0.4, 0.5) is 5.69 Å². The first-order chi connectivity index (χ1) is 16.8. The van der Waals surface area contributed by atoms with Crippen LogP contribution in [-0.2, 0) is 10.0 Å². The van der Waals surface area contributed by atoms with Crippen molar-refractivity contribution in [1.82, 2.24) is 4.72 Å². The summed E-state index contributed by atoms with van der Waals surface area (Å²) in [5.74, 6) is 0.983. The molecule has 10 heteroatoms. The van der Waals surface area contributed by atoms with Crippen LogP contribution in [0.2, 0.25) is 15.1 Å². The number of piperidine rings is 1. The average molecular weight is 554 g/mol. The van der Waals surface area contributed by atoms with E-state index < -0.39 is 10.0 Å². The summed E-state index contributed by atoms with van der Waals surface area (Å²) in [7, 11) is -3.77. The summed E-state index contributed by atoms with van der Waals surface area (Å²) in [6.07, 6.45) is 1.15. The molecule has 0 spiro atoms. The van der Waals surface area contributed by atoms with E-state index in [0.717, 1.165) is 11.3 Å². The second-order valence-corrected chi connectivity index (χ2v) is 11.5. The minimum Gasteiger partial charge on any atom is -0.486 e. The molecule has 3 aromatic rings. The molecule has 0 saturated carbocycles. The summed E-state index contributed by atoms with van der Waals surface area (Å²) >= 11 is 18.8. The molecule has 2 aliphatic rings. The van der Waals surface area contributed by atoms with Crippen LogP contribution >= 0.6 is 34.8 Å². The highest BCUT2D eigenvalue weighted by atomic mass is 35.5. The molecule has 35 heavy (non-hydrogen) atoms. The number of anilines is 1. The van der Waals surface area contributed by atoms with E-state index in [9.17, 15) is 8.42 Å². The van der Waals surface area contributed by atoms with Gasteiger partial charge in [0.1, 0.15) is 13.2 Å².